The van der Waals surface area contributed by atoms with Crippen LogP contribution in [0.5, 0.6) is 5.75 Å². The van der Waals surface area contributed by atoms with Crippen molar-refractivity contribution in [3.8, 4) is 5.75 Å². The van der Waals surface area contributed by atoms with Crippen LogP contribution in [0.25, 0.3) is 0 Å². The minimum Gasteiger partial charge on any atom is -0.480 e. The summed E-state index contributed by atoms with van der Waals surface area (Å²) in [5, 5.41) is 9.49. The molecule has 0 bridgehead atoms. The van der Waals surface area contributed by atoms with Gasteiger partial charge in [-0.25, -0.2) is 9.59 Å². The third-order valence-corrected chi connectivity index (χ3v) is 3.86. The van der Waals surface area contributed by atoms with E-state index in [1.165, 1.54) is 14.0 Å². The molecular formula is C20H21NO6. The van der Waals surface area contributed by atoms with Crippen molar-refractivity contribution < 1.29 is 29.0 Å². The Morgan fingerprint density at radius 1 is 1.00 bits per heavy atom. The zero-order valence-corrected chi connectivity index (χ0v) is 15.1. The third-order valence-electron chi connectivity index (χ3n) is 3.86. The molecule has 0 spiro atoms. The molecule has 27 heavy (non-hydrogen) atoms. The van der Waals surface area contributed by atoms with Crippen molar-refractivity contribution >= 4 is 18.0 Å². The number of carboxylic acids is 1. The Kier molecular flexibility index (Phi) is 6.93. The number of nitrogens with zero attached hydrogens (tertiary/aromatic N) is 1. The third kappa shape index (κ3) is 6.14. The lowest BCUT2D eigenvalue weighted by Gasteiger charge is -2.24. The van der Waals surface area contributed by atoms with Gasteiger partial charge in [0, 0.05) is 20.4 Å². The first-order valence-electron chi connectivity index (χ1n) is 8.30. The second-order valence-corrected chi connectivity index (χ2v) is 5.95. The van der Waals surface area contributed by atoms with Crippen molar-refractivity contribution in [1.82, 2.24) is 4.90 Å². The number of aliphatic carboxylic acids is 1. The summed E-state index contributed by atoms with van der Waals surface area (Å²) in [6, 6.07) is 14.5. The number of rotatable bonds is 7. The SMILES string of the molecule is CC(=O)Oc1ccc(CC(C(=O)O)N(C)C(=O)OCc2ccccc2)cc1. The summed E-state index contributed by atoms with van der Waals surface area (Å²) < 4.78 is 10.1. The van der Waals surface area contributed by atoms with Gasteiger partial charge < -0.3 is 14.6 Å². The molecular weight excluding hydrogens is 350 g/mol. The zero-order valence-electron chi connectivity index (χ0n) is 15.1. The molecule has 1 amide bonds. The molecule has 0 saturated carbocycles. The normalized spacial score (nSPS) is 11.3. The van der Waals surface area contributed by atoms with Crippen molar-refractivity contribution in [2.75, 3.05) is 7.05 Å². The minimum absolute atomic E-state index is 0.0629. The molecule has 1 unspecified atom stereocenters. The number of esters is 1. The Morgan fingerprint density at radius 2 is 1.63 bits per heavy atom. The molecule has 0 fully saturated rings. The van der Waals surface area contributed by atoms with Crippen LogP contribution in [0.1, 0.15) is 18.1 Å². The van der Waals surface area contributed by atoms with Crippen LogP contribution in [0, 0.1) is 0 Å². The van der Waals surface area contributed by atoms with Gasteiger partial charge in [0.1, 0.15) is 18.4 Å². The fraction of sp³-hybridized carbons (Fsp3) is 0.250. The van der Waals surface area contributed by atoms with Crippen LogP contribution >= 0.6 is 0 Å². The van der Waals surface area contributed by atoms with E-state index < -0.39 is 24.1 Å². The second kappa shape index (κ2) is 9.38. The van der Waals surface area contributed by atoms with E-state index in [9.17, 15) is 19.5 Å². The van der Waals surface area contributed by atoms with Crippen molar-refractivity contribution in [2.24, 2.45) is 0 Å². The lowest BCUT2D eigenvalue weighted by molar-refractivity contribution is -0.142. The van der Waals surface area contributed by atoms with E-state index >= 15 is 0 Å². The molecule has 0 heterocycles. The van der Waals surface area contributed by atoms with Gasteiger partial charge in [-0.15, -0.1) is 0 Å². The predicted molar refractivity (Wildman–Crippen MR) is 97.3 cm³/mol. The van der Waals surface area contributed by atoms with Gasteiger partial charge in [0.05, 0.1) is 0 Å². The number of hydrogen-bond acceptors (Lipinski definition) is 5. The summed E-state index contributed by atoms with van der Waals surface area (Å²) in [6.07, 6.45) is -0.630. The van der Waals surface area contributed by atoms with Crippen LogP contribution < -0.4 is 4.74 Å². The smallest absolute Gasteiger partial charge is 0.410 e. The summed E-state index contributed by atoms with van der Waals surface area (Å²) in [6.45, 7) is 1.36. The highest BCUT2D eigenvalue weighted by atomic mass is 16.6. The molecule has 0 saturated heterocycles. The molecule has 0 aliphatic heterocycles. The van der Waals surface area contributed by atoms with Gasteiger partial charge in [-0.3, -0.25) is 9.69 Å². The fourth-order valence-corrected chi connectivity index (χ4v) is 2.42. The number of likely N-dealkylation sites (N-methyl/N-ethyl adjacent to an activating group) is 1. The maximum Gasteiger partial charge on any atom is 0.410 e. The summed E-state index contributed by atoms with van der Waals surface area (Å²) >= 11 is 0. The average molecular weight is 371 g/mol. The van der Waals surface area contributed by atoms with Crippen LogP contribution in [-0.2, 0) is 27.4 Å². The molecule has 1 N–H and O–H groups in total. The number of carbonyl (C=O) groups is 3. The fourth-order valence-electron chi connectivity index (χ4n) is 2.42. The quantitative estimate of drug-likeness (QED) is 0.594. The maximum absolute atomic E-state index is 12.2. The molecule has 2 rings (SSSR count). The number of carboxylic acid groups (broad SMARTS) is 1. The molecule has 142 valence electrons. The maximum atomic E-state index is 12.2. The van der Waals surface area contributed by atoms with E-state index in [0.717, 1.165) is 10.5 Å². The molecule has 2 aromatic rings. The highest BCUT2D eigenvalue weighted by Crippen LogP contribution is 2.16. The van der Waals surface area contributed by atoms with Crippen molar-refractivity contribution in [1.29, 1.82) is 0 Å². The van der Waals surface area contributed by atoms with E-state index in [1.807, 2.05) is 30.3 Å². The number of hydrogen-bond donors (Lipinski definition) is 1. The van der Waals surface area contributed by atoms with E-state index in [2.05, 4.69) is 0 Å². The average Bonchev–Trinajstić information content (AvgIpc) is 2.65. The molecule has 1 atom stereocenters. The minimum atomic E-state index is -1.14. The first kappa shape index (κ1) is 20.0. The van der Waals surface area contributed by atoms with E-state index in [4.69, 9.17) is 9.47 Å². The largest absolute Gasteiger partial charge is 0.480 e. The van der Waals surface area contributed by atoms with E-state index in [-0.39, 0.29) is 13.0 Å². The molecule has 0 radical (unpaired) electrons. The molecule has 0 aliphatic carbocycles. The number of ether oxygens (including phenoxy) is 2. The van der Waals surface area contributed by atoms with Crippen LogP contribution in [-0.4, -0.2) is 41.1 Å². The Bertz CT molecular complexity index is 788. The lowest BCUT2D eigenvalue weighted by atomic mass is 10.1. The number of carbonyl (C=O) groups excluding carboxylic acids is 2. The highest BCUT2D eigenvalue weighted by Gasteiger charge is 2.28. The van der Waals surface area contributed by atoms with Gasteiger partial charge >= 0.3 is 18.0 Å². The van der Waals surface area contributed by atoms with Gasteiger partial charge in [0.25, 0.3) is 0 Å². The van der Waals surface area contributed by atoms with Crippen molar-refractivity contribution in [3.63, 3.8) is 0 Å². The molecule has 2 aromatic carbocycles. The predicted octanol–water partition coefficient (Wildman–Crippen LogP) is 2.88. The van der Waals surface area contributed by atoms with Gasteiger partial charge in [-0.05, 0) is 23.3 Å². The van der Waals surface area contributed by atoms with Crippen molar-refractivity contribution in [2.45, 2.75) is 26.0 Å². The number of benzene rings is 2. The van der Waals surface area contributed by atoms with E-state index in [1.54, 1.807) is 24.3 Å². The van der Waals surface area contributed by atoms with Gasteiger partial charge in [0.2, 0.25) is 0 Å². The summed E-state index contributed by atoms with van der Waals surface area (Å²) in [4.78, 5) is 35.8. The first-order chi connectivity index (χ1) is 12.9. The Balaban J connectivity index is 1.99. The Morgan fingerprint density at radius 3 is 2.19 bits per heavy atom. The van der Waals surface area contributed by atoms with Gasteiger partial charge in [-0.2, -0.15) is 0 Å². The lowest BCUT2D eigenvalue weighted by Crippen LogP contribution is -2.44. The van der Waals surface area contributed by atoms with Crippen LogP contribution in [0.15, 0.2) is 54.6 Å². The first-order valence-corrected chi connectivity index (χ1v) is 8.30. The highest BCUT2D eigenvalue weighted by molar-refractivity contribution is 5.80. The van der Waals surface area contributed by atoms with Crippen molar-refractivity contribution in [3.05, 3.63) is 65.7 Å². The molecule has 7 heteroatoms. The zero-order chi connectivity index (χ0) is 19.8. The molecule has 0 aromatic heterocycles. The monoisotopic (exact) mass is 371 g/mol. The van der Waals surface area contributed by atoms with Gasteiger partial charge in [-0.1, -0.05) is 42.5 Å². The number of amides is 1. The topological polar surface area (TPSA) is 93.1 Å². The van der Waals surface area contributed by atoms with Gasteiger partial charge in [0.15, 0.2) is 0 Å². The summed E-state index contributed by atoms with van der Waals surface area (Å²) in [5.74, 6) is -1.21. The summed E-state index contributed by atoms with van der Waals surface area (Å²) in [5.41, 5.74) is 1.49. The molecule has 7 nitrogen and oxygen atoms in total. The molecule has 0 aliphatic rings. The Hall–Kier alpha value is -3.35. The van der Waals surface area contributed by atoms with Crippen LogP contribution in [0.3, 0.4) is 0 Å². The summed E-state index contributed by atoms with van der Waals surface area (Å²) in [7, 11) is 1.39. The standard InChI is InChI=1S/C20H21NO6/c1-14(22)27-17-10-8-15(9-11-17)12-18(19(23)24)21(2)20(25)26-13-16-6-4-3-5-7-16/h3-11,18H,12-13H2,1-2H3,(H,23,24). The van der Waals surface area contributed by atoms with E-state index in [0.29, 0.717) is 11.3 Å². The van der Waals surface area contributed by atoms with Crippen LogP contribution in [0.4, 0.5) is 4.79 Å². The Labute approximate surface area is 157 Å². The van der Waals surface area contributed by atoms with Crippen LogP contribution in [0.2, 0.25) is 0 Å². The second-order valence-electron chi connectivity index (χ2n) is 5.95.